The highest BCUT2D eigenvalue weighted by atomic mass is 35.5. The summed E-state index contributed by atoms with van der Waals surface area (Å²) in [6, 6.07) is 4.31. The van der Waals surface area contributed by atoms with Crippen LogP contribution in [0.2, 0.25) is 5.02 Å². The molecular formula is C15H20ClFN2O3. The van der Waals surface area contributed by atoms with Crippen LogP contribution in [0, 0.1) is 5.82 Å². The van der Waals surface area contributed by atoms with Crippen LogP contribution in [0.4, 0.5) is 10.1 Å². The summed E-state index contributed by atoms with van der Waals surface area (Å²) in [4.78, 5) is 14.0. The first-order valence-electron chi connectivity index (χ1n) is 7.21. The second-order valence-electron chi connectivity index (χ2n) is 5.40. The van der Waals surface area contributed by atoms with Gasteiger partial charge in [-0.05, 0) is 25.1 Å². The Hall–Kier alpha value is -1.21. The number of amides is 1. The number of hydrogen-bond donors (Lipinski definition) is 2. The van der Waals surface area contributed by atoms with Crippen LogP contribution in [0.25, 0.3) is 0 Å². The molecule has 122 valence electrons. The molecule has 22 heavy (non-hydrogen) atoms. The van der Waals surface area contributed by atoms with Gasteiger partial charge in [-0.3, -0.25) is 9.69 Å². The molecule has 0 radical (unpaired) electrons. The van der Waals surface area contributed by atoms with E-state index in [1.165, 1.54) is 12.1 Å². The summed E-state index contributed by atoms with van der Waals surface area (Å²) in [6.45, 7) is 3.61. The number of ether oxygens (including phenoxy) is 1. The predicted octanol–water partition coefficient (Wildman–Crippen LogP) is 1.89. The Morgan fingerprint density at radius 2 is 2.36 bits per heavy atom. The van der Waals surface area contributed by atoms with Crippen molar-refractivity contribution in [1.29, 1.82) is 0 Å². The highest BCUT2D eigenvalue weighted by molar-refractivity contribution is 6.30. The molecule has 2 unspecified atom stereocenters. The van der Waals surface area contributed by atoms with E-state index in [1.807, 2.05) is 6.92 Å². The Labute approximate surface area is 134 Å². The van der Waals surface area contributed by atoms with Gasteiger partial charge in [-0.25, -0.2) is 4.39 Å². The van der Waals surface area contributed by atoms with Gasteiger partial charge in [0.2, 0.25) is 5.91 Å². The zero-order valence-corrected chi connectivity index (χ0v) is 13.1. The second-order valence-corrected chi connectivity index (χ2v) is 5.84. The number of aliphatic hydroxyl groups excluding tert-OH is 1. The third kappa shape index (κ3) is 4.64. The second kappa shape index (κ2) is 7.87. The Balaban J connectivity index is 1.84. The van der Waals surface area contributed by atoms with Gasteiger partial charge in [-0.2, -0.15) is 0 Å². The van der Waals surface area contributed by atoms with E-state index in [9.17, 15) is 9.18 Å². The molecule has 0 bridgehead atoms. The summed E-state index contributed by atoms with van der Waals surface area (Å²) < 4.78 is 19.1. The van der Waals surface area contributed by atoms with Crippen molar-refractivity contribution >= 4 is 23.2 Å². The third-order valence-corrected chi connectivity index (χ3v) is 3.90. The average Bonchev–Trinajstić information content (AvgIpc) is 2.49. The van der Waals surface area contributed by atoms with E-state index in [2.05, 4.69) is 10.2 Å². The maximum absolute atomic E-state index is 13.6. The van der Waals surface area contributed by atoms with Crippen LogP contribution in [0.3, 0.4) is 0 Å². The minimum Gasteiger partial charge on any atom is -0.394 e. The van der Waals surface area contributed by atoms with Crippen LogP contribution in [0.5, 0.6) is 0 Å². The van der Waals surface area contributed by atoms with E-state index in [4.69, 9.17) is 21.4 Å². The molecule has 7 heteroatoms. The summed E-state index contributed by atoms with van der Waals surface area (Å²) in [5.74, 6) is -0.818. The highest BCUT2D eigenvalue weighted by Crippen LogP contribution is 2.19. The van der Waals surface area contributed by atoms with Crippen molar-refractivity contribution in [2.24, 2.45) is 0 Å². The number of halogens is 2. The summed E-state index contributed by atoms with van der Waals surface area (Å²) >= 11 is 5.67. The van der Waals surface area contributed by atoms with Crippen molar-refractivity contribution in [3.8, 4) is 0 Å². The van der Waals surface area contributed by atoms with Gasteiger partial charge < -0.3 is 15.2 Å². The standard InChI is InChI=1S/C15H20ClFN2O3/c1-10-9-22-12(8-20)7-19(10)5-4-15(21)18-14-3-2-11(16)6-13(14)17/h2-3,6,10,12,20H,4-5,7-9H2,1H3,(H,18,21). The molecule has 1 aromatic rings. The van der Waals surface area contributed by atoms with E-state index in [0.717, 1.165) is 6.07 Å². The molecule has 0 saturated carbocycles. The lowest BCUT2D eigenvalue weighted by atomic mass is 10.2. The monoisotopic (exact) mass is 330 g/mol. The fourth-order valence-electron chi connectivity index (χ4n) is 2.35. The van der Waals surface area contributed by atoms with Crippen LogP contribution >= 0.6 is 11.6 Å². The van der Waals surface area contributed by atoms with Gasteiger partial charge in [0.15, 0.2) is 0 Å². The minimum absolute atomic E-state index is 0.0363. The van der Waals surface area contributed by atoms with Crippen molar-refractivity contribution in [1.82, 2.24) is 4.90 Å². The van der Waals surface area contributed by atoms with Gasteiger partial charge in [0.1, 0.15) is 5.82 Å². The van der Waals surface area contributed by atoms with Crippen LogP contribution in [0.1, 0.15) is 13.3 Å². The number of anilines is 1. The van der Waals surface area contributed by atoms with Gasteiger partial charge in [0.25, 0.3) is 0 Å². The summed E-state index contributed by atoms with van der Waals surface area (Å²) in [5, 5.41) is 12.0. The van der Waals surface area contributed by atoms with E-state index < -0.39 is 5.82 Å². The molecule has 0 spiro atoms. The molecule has 1 amide bonds. The van der Waals surface area contributed by atoms with Crippen LogP contribution in [0.15, 0.2) is 18.2 Å². The normalized spacial score (nSPS) is 22.5. The molecule has 1 saturated heterocycles. The zero-order chi connectivity index (χ0) is 16.1. The lowest BCUT2D eigenvalue weighted by Gasteiger charge is -2.37. The third-order valence-electron chi connectivity index (χ3n) is 3.67. The summed E-state index contributed by atoms with van der Waals surface area (Å²) in [6.07, 6.45) is 0.0258. The van der Waals surface area contributed by atoms with Gasteiger partial charge >= 0.3 is 0 Å². The van der Waals surface area contributed by atoms with E-state index in [-0.39, 0.29) is 41.8 Å². The summed E-state index contributed by atoms with van der Waals surface area (Å²) in [5.41, 5.74) is 0.123. The zero-order valence-electron chi connectivity index (χ0n) is 12.4. The number of morpholine rings is 1. The molecule has 5 nitrogen and oxygen atoms in total. The number of carbonyl (C=O) groups is 1. The Morgan fingerprint density at radius 3 is 3.05 bits per heavy atom. The highest BCUT2D eigenvalue weighted by Gasteiger charge is 2.25. The topological polar surface area (TPSA) is 61.8 Å². The van der Waals surface area contributed by atoms with E-state index in [1.54, 1.807) is 0 Å². The fourth-order valence-corrected chi connectivity index (χ4v) is 2.50. The lowest BCUT2D eigenvalue weighted by molar-refractivity contribution is -0.118. The number of nitrogens with zero attached hydrogens (tertiary/aromatic N) is 1. The first-order valence-corrected chi connectivity index (χ1v) is 7.58. The largest absolute Gasteiger partial charge is 0.394 e. The Kier molecular flexibility index (Phi) is 6.14. The Bertz CT molecular complexity index is 530. The van der Waals surface area contributed by atoms with E-state index in [0.29, 0.717) is 19.7 Å². The van der Waals surface area contributed by atoms with E-state index >= 15 is 0 Å². The molecule has 1 fully saturated rings. The van der Waals surface area contributed by atoms with Crippen LogP contribution in [-0.4, -0.2) is 54.4 Å². The molecule has 0 aliphatic carbocycles. The molecule has 2 N–H and O–H groups in total. The van der Waals surface area contributed by atoms with Crippen LogP contribution in [-0.2, 0) is 9.53 Å². The molecular weight excluding hydrogens is 311 g/mol. The minimum atomic E-state index is -0.555. The van der Waals surface area contributed by atoms with Crippen LogP contribution < -0.4 is 5.32 Å². The maximum atomic E-state index is 13.6. The molecule has 1 aromatic carbocycles. The van der Waals surface area contributed by atoms with Gasteiger partial charge in [-0.1, -0.05) is 11.6 Å². The van der Waals surface area contributed by atoms with Crippen molar-refractivity contribution < 1.29 is 19.0 Å². The summed E-state index contributed by atoms with van der Waals surface area (Å²) in [7, 11) is 0. The average molecular weight is 331 g/mol. The van der Waals surface area contributed by atoms with Crippen molar-refractivity contribution in [2.75, 3.05) is 31.6 Å². The molecule has 1 heterocycles. The molecule has 1 aliphatic rings. The SMILES string of the molecule is CC1COC(CO)CN1CCC(=O)Nc1ccc(Cl)cc1F. The number of aliphatic hydroxyl groups is 1. The fraction of sp³-hybridized carbons (Fsp3) is 0.533. The molecule has 2 rings (SSSR count). The first-order chi connectivity index (χ1) is 10.5. The number of nitrogens with one attached hydrogen (secondary N) is 1. The number of benzene rings is 1. The molecule has 1 aliphatic heterocycles. The smallest absolute Gasteiger partial charge is 0.225 e. The van der Waals surface area contributed by atoms with Crippen molar-refractivity contribution in [2.45, 2.75) is 25.5 Å². The van der Waals surface area contributed by atoms with Crippen molar-refractivity contribution in [3.05, 3.63) is 29.0 Å². The predicted molar refractivity (Wildman–Crippen MR) is 82.5 cm³/mol. The maximum Gasteiger partial charge on any atom is 0.225 e. The number of rotatable bonds is 5. The number of hydrogen-bond acceptors (Lipinski definition) is 4. The molecule has 2 atom stereocenters. The first kappa shape index (κ1) is 17.1. The van der Waals surface area contributed by atoms with Gasteiger partial charge in [0.05, 0.1) is 25.0 Å². The number of carbonyl (C=O) groups excluding carboxylic acids is 1. The quantitative estimate of drug-likeness (QED) is 0.865. The Morgan fingerprint density at radius 1 is 1.59 bits per heavy atom. The molecule has 0 aromatic heterocycles. The van der Waals surface area contributed by atoms with Gasteiger partial charge in [-0.15, -0.1) is 0 Å². The van der Waals surface area contributed by atoms with Crippen molar-refractivity contribution in [3.63, 3.8) is 0 Å². The lowest BCUT2D eigenvalue weighted by Crippen LogP contribution is -2.50. The van der Waals surface area contributed by atoms with Gasteiger partial charge in [0, 0.05) is 30.6 Å².